The van der Waals surface area contributed by atoms with Gasteiger partial charge in [-0.15, -0.1) is 0 Å². The van der Waals surface area contributed by atoms with E-state index in [1.807, 2.05) is 0 Å². The van der Waals surface area contributed by atoms with Gasteiger partial charge in [-0.25, -0.2) is 0 Å². The molecule has 2 saturated carbocycles. The van der Waals surface area contributed by atoms with E-state index in [0.29, 0.717) is 17.7 Å². The van der Waals surface area contributed by atoms with Gasteiger partial charge in [0.2, 0.25) is 5.91 Å². The number of hydrogen-bond acceptors (Lipinski definition) is 2. The predicted molar refractivity (Wildman–Crippen MR) is 70.0 cm³/mol. The molecular weight excluding hydrogens is 226 g/mol. The molecule has 0 aromatic rings. The van der Waals surface area contributed by atoms with E-state index in [9.17, 15) is 9.90 Å². The van der Waals surface area contributed by atoms with Gasteiger partial charge in [-0.3, -0.25) is 4.79 Å². The Balaban J connectivity index is 1.71. The smallest absolute Gasteiger partial charge is 0.228 e. The van der Waals surface area contributed by atoms with Crippen LogP contribution in [0.15, 0.2) is 0 Å². The molecule has 2 aliphatic carbocycles. The van der Waals surface area contributed by atoms with Crippen LogP contribution in [0.4, 0.5) is 0 Å². The third-order valence-corrected chi connectivity index (χ3v) is 5.80. The summed E-state index contributed by atoms with van der Waals surface area (Å²) in [7, 11) is 0. The van der Waals surface area contributed by atoms with Crippen molar-refractivity contribution in [2.45, 2.75) is 58.0 Å². The third kappa shape index (κ3) is 1.78. The van der Waals surface area contributed by atoms with Crippen LogP contribution < -0.4 is 0 Å². The minimum absolute atomic E-state index is 0.0520. The van der Waals surface area contributed by atoms with Gasteiger partial charge in [0.1, 0.15) is 0 Å². The molecular formula is C15H25NO2. The average Bonchev–Trinajstić information content (AvgIpc) is 3.06. The summed E-state index contributed by atoms with van der Waals surface area (Å²) in [6.45, 7) is 3.88. The Bertz CT molecular complexity index is 335. The number of fused-ring (bicyclic) bond motifs is 1. The first-order chi connectivity index (χ1) is 8.66. The maximum absolute atomic E-state index is 12.8. The Kier molecular flexibility index (Phi) is 3.13. The maximum Gasteiger partial charge on any atom is 0.228 e. The van der Waals surface area contributed by atoms with Crippen molar-refractivity contribution < 1.29 is 9.90 Å². The molecule has 3 fully saturated rings. The molecule has 3 unspecified atom stereocenters. The lowest BCUT2D eigenvalue weighted by atomic mass is 9.82. The van der Waals surface area contributed by atoms with Gasteiger partial charge in [-0.05, 0) is 38.0 Å². The first kappa shape index (κ1) is 12.5. The Morgan fingerprint density at radius 1 is 1.28 bits per heavy atom. The molecule has 3 nitrogen and oxygen atoms in total. The highest BCUT2D eigenvalue weighted by Crippen LogP contribution is 2.45. The van der Waals surface area contributed by atoms with Crippen molar-refractivity contribution >= 4 is 5.91 Å². The number of aliphatic hydroxyl groups excluding tert-OH is 1. The summed E-state index contributed by atoms with van der Waals surface area (Å²) in [4.78, 5) is 14.9. The van der Waals surface area contributed by atoms with Crippen molar-refractivity contribution in [1.82, 2.24) is 4.90 Å². The van der Waals surface area contributed by atoms with Crippen LogP contribution in [0.1, 0.15) is 51.9 Å². The van der Waals surface area contributed by atoms with Crippen LogP contribution in [0.3, 0.4) is 0 Å². The average molecular weight is 251 g/mol. The number of rotatable bonds is 2. The van der Waals surface area contributed by atoms with Crippen LogP contribution in [0.5, 0.6) is 0 Å². The van der Waals surface area contributed by atoms with Crippen LogP contribution in [0.25, 0.3) is 0 Å². The quantitative estimate of drug-likeness (QED) is 0.817. The van der Waals surface area contributed by atoms with E-state index in [0.717, 1.165) is 45.2 Å². The summed E-state index contributed by atoms with van der Waals surface area (Å²) in [5, 5.41) is 9.95. The second kappa shape index (κ2) is 4.52. The van der Waals surface area contributed by atoms with Gasteiger partial charge in [0.05, 0.1) is 6.10 Å². The highest BCUT2D eigenvalue weighted by Gasteiger charge is 2.48. The summed E-state index contributed by atoms with van der Waals surface area (Å²) in [5.74, 6) is 1.33. The molecule has 0 aromatic heterocycles. The number of amides is 1. The number of nitrogens with zero attached hydrogens (tertiary/aromatic N) is 1. The largest absolute Gasteiger partial charge is 0.393 e. The van der Waals surface area contributed by atoms with Crippen molar-refractivity contribution in [3.8, 4) is 0 Å². The molecule has 1 amide bonds. The number of aliphatic hydroxyl groups is 1. The molecule has 1 N–H and O–H groups in total. The second-order valence-corrected chi connectivity index (χ2v) is 6.62. The summed E-state index contributed by atoms with van der Waals surface area (Å²) in [6.07, 6.45) is 7.46. The van der Waals surface area contributed by atoms with Gasteiger partial charge >= 0.3 is 0 Å². The van der Waals surface area contributed by atoms with Gasteiger partial charge in [-0.1, -0.05) is 19.8 Å². The van der Waals surface area contributed by atoms with Crippen LogP contribution >= 0.6 is 0 Å². The van der Waals surface area contributed by atoms with Crippen LogP contribution in [-0.4, -0.2) is 35.1 Å². The predicted octanol–water partition coefficient (Wildman–Crippen LogP) is 2.19. The van der Waals surface area contributed by atoms with Gasteiger partial charge in [0.25, 0.3) is 0 Å². The molecule has 0 spiro atoms. The van der Waals surface area contributed by atoms with Gasteiger partial charge in [-0.2, -0.15) is 0 Å². The third-order valence-electron chi connectivity index (χ3n) is 5.80. The van der Waals surface area contributed by atoms with E-state index >= 15 is 0 Å². The normalized spacial score (nSPS) is 38.1. The Hall–Kier alpha value is -0.570. The molecule has 1 aliphatic heterocycles. The Labute approximate surface area is 110 Å². The molecule has 3 heteroatoms. The van der Waals surface area contributed by atoms with E-state index in [1.54, 1.807) is 0 Å². The fourth-order valence-corrected chi connectivity index (χ4v) is 4.51. The van der Waals surface area contributed by atoms with E-state index in [2.05, 4.69) is 11.8 Å². The number of carbonyl (C=O) groups is 1. The first-order valence-electron chi connectivity index (χ1n) is 7.64. The standard InChI is InChI=1S/C15H25NO2/c1-2-15(7-3-4-8-15)14(18)16-9-11-5-6-13(17)12(11)10-16/h11-13,17H,2-10H2,1H3. The van der Waals surface area contributed by atoms with Crippen LogP contribution in [0.2, 0.25) is 0 Å². The molecule has 3 rings (SSSR count). The molecule has 3 atom stereocenters. The highest BCUT2D eigenvalue weighted by molar-refractivity contribution is 5.83. The summed E-state index contributed by atoms with van der Waals surface area (Å²) >= 11 is 0. The first-order valence-corrected chi connectivity index (χ1v) is 7.64. The molecule has 0 bridgehead atoms. The summed E-state index contributed by atoms with van der Waals surface area (Å²) < 4.78 is 0. The molecule has 0 aromatic carbocycles. The zero-order chi connectivity index (χ0) is 12.8. The summed E-state index contributed by atoms with van der Waals surface area (Å²) in [5.41, 5.74) is -0.0520. The van der Waals surface area contributed by atoms with Crippen molar-refractivity contribution in [3.63, 3.8) is 0 Å². The van der Waals surface area contributed by atoms with Crippen molar-refractivity contribution in [3.05, 3.63) is 0 Å². The van der Waals surface area contributed by atoms with Gasteiger partial charge in [0.15, 0.2) is 0 Å². The molecule has 3 aliphatic rings. The number of carbonyl (C=O) groups excluding carboxylic acids is 1. The topological polar surface area (TPSA) is 40.5 Å². The minimum Gasteiger partial charge on any atom is -0.393 e. The Morgan fingerprint density at radius 3 is 2.61 bits per heavy atom. The number of likely N-dealkylation sites (tertiary alicyclic amines) is 1. The molecule has 1 heterocycles. The van der Waals surface area contributed by atoms with Crippen molar-refractivity contribution in [2.75, 3.05) is 13.1 Å². The van der Waals surface area contributed by atoms with Crippen LogP contribution in [0, 0.1) is 17.3 Å². The summed E-state index contributed by atoms with van der Waals surface area (Å²) in [6, 6.07) is 0. The minimum atomic E-state index is -0.158. The van der Waals surface area contributed by atoms with Crippen molar-refractivity contribution in [1.29, 1.82) is 0 Å². The Morgan fingerprint density at radius 2 is 2.00 bits per heavy atom. The lowest BCUT2D eigenvalue weighted by Crippen LogP contribution is -2.42. The van der Waals surface area contributed by atoms with E-state index < -0.39 is 0 Å². The maximum atomic E-state index is 12.8. The second-order valence-electron chi connectivity index (χ2n) is 6.62. The van der Waals surface area contributed by atoms with E-state index in [1.165, 1.54) is 12.8 Å². The van der Waals surface area contributed by atoms with Gasteiger partial charge in [0, 0.05) is 24.4 Å². The van der Waals surface area contributed by atoms with Gasteiger partial charge < -0.3 is 10.0 Å². The molecule has 1 saturated heterocycles. The number of hydrogen-bond donors (Lipinski definition) is 1. The van der Waals surface area contributed by atoms with Crippen molar-refractivity contribution in [2.24, 2.45) is 17.3 Å². The van der Waals surface area contributed by atoms with E-state index in [-0.39, 0.29) is 11.5 Å². The lowest BCUT2D eigenvalue weighted by Gasteiger charge is -2.32. The fraction of sp³-hybridized carbons (Fsp3) is 0.933. The fourth-order valence-electron chi connectivity index (χ4n) is 4.51. The highest BCUT2D eigenvalue weighted by atomic mass is 16.3. The molecule has 0 radical (unpaired) electrons. The molecule has 18 heavy (non-hydrogen) atoms. The lowest BCUT2D eigenvalue weighted by molar-refractivity contribution is -0.141. The van der Waals surface area contributed by atoms with E-state index in [4.69, 9.17) is 0 Å². The zero-order valence-electron chi connectivity index (χ0n) is 11.4. The SMILES string of the molecule is CCC1(C(=O)N2CC3CCC(O)C3C2)CCCC1. The molecule has 102 valence electrons. The zero-order valence-corrected chi connectivity index (χ0v) is 11.4. The van der Waals surface area contributed by atoms with Crippen LogP contribution in [-0.2, 0) is 4.79 Å². The monoisotopic (exact) mass is 251 g/mol.